The Balaban J connectivity index is 1.57. The molecule has 0 N–H and O–H groups in total. The van der Waals surface area contributed by atoms with Crippen molar-refractivity contribution in [2.75, 3.05) is 33.1 Å². The Morgan fingerprint density at radius 2 is 1.85 bits per heavy atom. The van der Waals surface area contributed by atoms with E-state index in [1.165, 1.54) is 43.9 Å². The summed E-state index contributed by atoms with van der Waals surface area (Å²) in [5, 5.41) is 9.97. The lowest BCUT2D eigenvalue weighted by molar-refractivity contribution is -0.128. The average Bonchev–Trinajstić information content (AvgIpc) is 3.58. The number of hydrogen-bond acceptors (Lipinski definition) is 6. The molecule has 2 fully saturated rings. The number of benzene rings is 1. The van der Waals surface area contributed by atoms with Gasteiger partial charge in [0.1, 0.15) is 0 Å². The second-order valence-corrected chi connectivity index (χ2v) is 10.1. The van der Waals surface area contributed by atoms with Gasteiger partial charge in [-0.3, -0.25) is 9.36 Å². The first kappa shape index (κ1) is 23.9. The summed E-state index contributed by atoms with van der Waals surface area (Å²) in [4.78, 5) is 15.0. The van der Waals surface area contributed by atoms with Gasteiger partial charge in [-0.05, 0) is 56.2 Å². The lowest BCUT2D eigenvalue weighted by Gasteiger charge is -2.26. The number of carbonyl (C=O) groups excluding carboxylic acids is 1. The first-order valence-electron chi connectivity index (χ1n) is 12.2. The summed E-state index contributed by atoms with van der Waals surface area (Å²) >= 11 is 1.53. The third kappa shape index (κ3) is 5.83. The fraction of sp³-hybridized carbons (Fsp3) is 0.640. The lowest BCUT2D eigenvalue weighted by Crippen LogP contribution is -2.35. The van der Waals surface area contributed by atoms with Crippen molar-refractivity contribution < 1.29 is 14.3 Å². The summed E-state index contributed by atoms with van der Waals surface area (Å²) in [6, 6.07) is 6.22. The molecule has 0 unspecified atom stereocenters. The van der Waals surface area contributed by atoms with E-state index in [1.54, 1.807) is 14.2 Å². The molecule has 2 aromatic rings. The van der Waals surface area contributed by atoms with Crippen molar-refractivity contribution in [3.05, 3.63) is 18.2 Å². The molecule has 0 radical (unpaired) electrons. The van der Waals surface area contributed by atoms with E-state index in [1.807, 2.05) is 23.1 Å². The minimum Gasteiger partial charge on any atom is -0.493 e. The number of thioether (sulfide) groups is 1. The highest BCUT2D eigenvalue weighted by Gasteiger charge is 2.28. The van der Waals surface area contributed by atoms with Gasteiger partial charge in [0.15, 0.2) is 22.5 Å². The third-order valence-electron chi connectivity index (χ3n) is 6.59. The Morgan fingerprint density at radius 1 is 1.09 bits per heavy atom. The van der Waals surface area contributed by atoms with Crippen LogP contribution < -0.4 is 9.47 Å². The number of rotatable bonds is 11. The van der Waals surface area contributed by atoms with E-state index < -0.39 is 0 Å². The zero-order valence-corrected chi connectivity index (χ0v) is 20.9. The molecule has 0 spiro atoms. The highest BCUT2D eigenvalue weighted by Crippen LogP contribution is 2.38. The smallest absolute Gasteiger partial charge is 0.233 e. The van der Waals surface area contributed by atoms with Gasteiger partial charge in [0.05, 0.1) is 20.0 Å². The van der Waals surface area contributed by atoms with Crippen LogP contribution in [0.15, 0.2) is 23.4 Å². The maximum absolute atomic E-state index is 13.0. The predicted octanol–water partition coefficient (Wildman–Crippen LogP) is 5.21. The number of nitrogens with zero attached hydrogens (tertiary/aromatic N) is 4. The molecule has 180 valence electrons. The molecule has 2 saturated carbocycles. The number of carbonyl (C=O) groups is 1. The molecular formula is C25H36N4O3S. The molecule has 0 saturated heterocycles. The topological polar surface area (TPSA) is 69.5 Å². The number of methoxy groups -OCH3 is 2. The molecule has 1 amide bonds. The molecule has 4 rings (SSSR count). The molecule has 7 nitrogen and oxygen atoms in total. The predicted molar refractivity (Wildman–Crippen MR) is 131 cm³/mol. The summed E-state index contributed by atoms with van der Waals surface area (Å²) in [5.41, 5.74) is 0.949. The fourth-order valence-corrected chi connectivity index (χ4v) is 5.54. The zero-order valence-electron chi connectivity index (χ0n) is 20.1. The molecule has 1 heterocycles. The molecule has 1 aromatic carbocycles. The van der Waals surface area contributed by atoms with Crippen LogP contribution in [0, 0.1) is 5.92 Å². The fourth-order valence-electron chi connectivity index (χ4n) is 4.63. The third-order valence-corrected chi connectivity index (χ3v) is 7.52. The van der Waals surface area contributed by atoms with Crippen molar-refractivity contribution in [2.24, 2.45) is 5.92 Å². The SMILES string of the molecule is CCCN(CC1CC1)C(=O)CSc1nnc(-c2ccc(OC)c(OC)c2)n1C1CCCCC1. The van der Waals surface area contributed by atoms with E-state index >= 15 is 0 Å². The van der Waals surface area contributed by atoms with Crippen molar-refractivity contribution in [2.45, 2.75) is 69.5 Å². The number of aromatic nitrogens is 3. The number of amides is 1. The van der Waals surface area contributed by atoms with E-state index in [9.17, 15) is 4.79 Å². The summed E-state index contributed by atoms with van der Waals surface area (Å²) < 4.78 is 13.2. The molecule has 33 heavy (non-hydrogen) atoms. The van der Waals surface area contributed by atoms with Gasteiger partial charge in [-0.25, -0.2) is 0 Å². The van der Waals surface area contributed by atoms with Crippen LogP contribution in [0.3, 0.4) is 0 Å². The van der Waals surface area contributed by atoms with E-state index in [4.69, 9.17) is 9.47 Å². The highest BCUT2D eigenvalue weighted by atomic mass is 32.2. The quantitative estimate of drug-likeness (QED) is 0.418. The van der Waals surface area contributed by atoms with Crippen LogP contribution >= 0.6 is 11.8 Å². The molecule has 8 heteroatoms. The first-order chi connectivity index (χ1) is 16.1. The van der Waals surface area contributed by atoms with Crippen molar-refractivity contribution in [3.63, 3.8) is 0 Å². The molecule has 0 bridgehead atoms. The second-order valence-electron chi connectivity index (χ2n) is 9.11. The van der Waals surface area contributed by atoms with Crippen LogP contribution in [0.5, 0.6) is 11.5 Å². The Kier molecular flexibility index (Phi) is 8.17. The summed E-state index contributed by atoms with van der Waals surface area (Å²) in [6.07, 6.45) is 9.43. The summed E-state index contributed by atoms with van der Waals surface area (Å²) in [6.45, 7) is 3.87. The van der Waals surface area contributed by atoms with Crippen LogP contribution in [0.2, 0.25) is 0 Å². The van der Waals surface area contributed by atoms with E-state index in [-0.39, 0.29) is 5.91 Å². The van der Waals surface area contributed by atoms with E-state index in [2.05, 4.69) is 21.7 Å². The molecule has 2 aliphatic carbocycles. The van der Waals surface area contributed by atoms with Gasteiger partial charge < -0.3 is 14.4 Å². The van der Waals surface area contributed by atoms with Crippen LogP contribution in [0.4, 0.5) is 0 Å². The summed E-state index contributed by atoms with van der Waals surface area (Å²) in [7, 11) is 3.28. The van der Waals surface area contributed by atoms with Crippen molar-refractivity contribution in [1.82, 2.24) is 19.7 Å². The van der Waals surface area contributed by atoms with Crippen molar-refractivity contribution >= 4 is 17.7 Å². The lowest BCUT2D eigenvalue weighted by atomic mass is 9.95. The van der Waals surface area contributed by atoms with Crippen LogP contribution in [-0.4, -0.2) is 58.6 Å². The van der Waals surface area contributed by atoms with Gasteiger partial charge in [-0.1, -0.05) is 37.9 Å². The molecule has 0 atom stereocenters. The molecular weight excluding hydrogens is 436 g/mol. The molecule has 1 aromatic heterocycles. The highest BCUT2D eigenvalue weighted by molar-refractivity contribution is 7.99. The zero-order chi connectivity index (χ0) is 23.2. The molecule has 0 aliphatic heterocycles. The number of hydrogen-bond donors (Lipinski definition) is 0. The largest absolute Gasteiger partial charge is 0.493 e. The monoisotopic (exact) mass is 472 g/mol. The Hall–Kier alpha value is -2.22. The Bertz CT molecular complexity index is 938. The standard InChI is InChI=1S/C25H36N4O3S/c1-4-14-28(16-18-10-11-18)23(30)17-33-25-27-26-24(29(25)20-8-6-5-7-9-20)19-12-13-21(31-2)22(15-19)32-3/h12-13,15,18,20H,4-11,14,16-17H2,1-3H3. The maximum atomic E-state index is 13.0. The molecule has 2 aliphatic rings. The van der Waals surface area contributed by atoms with E-state index in [0.717, 1.165) is 48.9 Å². The Morgan fingerprint density at radius 3 is 2.52 bits per heavy atom. The van der Waals surface area contributed by atoms with Crippen molar-refractivity contribution in [1.29, 1.82) is 0 Å². The number of ether oxygens (including phenoxy) is 2. The Labute approximate surface area is 201 Å². The average molecular weight is 473 g/mol. The summed E-state index contributed by atoms with van der Waals surface area (Å²) in [5.74, 6) is 3.52. The van der Waals surface area contributed by atoms with Crippen LogP contribution in [-0.2, 0) is 4.79 Å². The van der Waals surface area contributed by atoms with Gasteiger partial charge in [-0.2, -0.15) is 0 Å². The van der Waals surface area contributed by atoms with Crippen molar-refractivity contribution in [3.8, 4) is 22.9 Å². The second kappa shape index (κ2) is 11.3. The van der Waals surface area contributed by atoms with Crippen LogP contribution in [0.25, 0.3) is 11.4 Å². The van der Waals surface area contributed by atoms with Gasteiger partial charge in [0, 0.05) is 24.7 Å². The maximum Gasteiger partial charge on any atom is 0.233 e. The van der Waals surface area contributed by atoms with Gasteiger partial charge in [0.25, 0.3) is 0 Å². The van der Waals surface area contributed by atoms with Crippen LogP contribution in [0.1, 0.15) is 64.3 Å². The van der Waals surface area contributed by atoms with Gasteiger partial charge >= 0.3 is 0 Å². The minimum absolute atomic E-state index is 0.208. The minimum atomic E-state index is 0.208. The van der Waals surface area contributed by atoms with Gasteiger partial charge in [0.2, 0.25) is 5.91 Å². The normalized spacial score (nSPS) is 16.6. The van der Waals surface area contributed by atoms with E-state index in [0.29, 0.717) is 29.2 Å². The van der Waals surface area contributed by atoms with Gasteiger partial charge in [-0.15, -0.1) is 10.2 Å². The first-order valence-corrected chi connectivity index (χ1v) is 13.2.